The van der Waals surface area contributed by atoms with Gasteiger partial charge < -0.3 is 10.6 Å². The first-order valence-corrected chi connectivity index (χ1v) is 8.86. The molecule has 0 aromatic heterocycles. The van der Waals surface area contributed by atoms with E-state index in [1.165, 1.54) is 16.7 Å². The molecule has 3 heteroatoms. The Morgan fingerprint density at radius 1 is 1.00 bits per heavy atom. The van der Waals surface area contributed by atoms with Gasteiger partial charge in [-0.15, -0.1) is 0 Å². The summed E-state index contributed by atoms with van der Waals surface area (Å²) in [6.45, 7) is 7.13. The maximum Gasteiger partial charge on any atom is 0.251 e. The highest BCUT2D eigenvalue weighted by molar-refractivity contribution is 5.97. The minimum Gasteiger partial charge on any atom is -0.352 e. The minimum absolute atomic E-state index is 0.0706. The highest BCUT2D eigenvalue weighted by Crippen LogP contribution is 2.35. The Balaban J connectivity index is 1.78. The van der Waals surface area contributed by atoms with Crippen LogP contribution < -0.4 is 10.6 Å². The second kappa shape index (κ2) is 6.06. The first-order chi connectivity index (χ1) is 11.6. The van der Waals surface area contributed by atoms with E-state index in [0.717, 1.165) is 30.8 Å². The lowest BCUT2D eigenvalue weighted by Crippen LogP contribution is -2.28. The molecule has 1 saturated heterocycles. The van der Waals surface area contributed by atoms with Crippen molar-refractivity contribution in [1.82, 2.24) is 10.6 Å². The van der Waals surface area contributed by atoms with E-state index < -0.39 is 0 Å². The van der Waals surface area contributed by atoms with Crippen LogP contribution in [0.3, 0.4) is 0 Å². The number of carbonyl (C=O) groups excluding carboxylic acids is 1. The first kappa shape index (κ1) is 15.4. The molecule has 2 heterocycles. The van der Waals surface area contributed by atoms with Crippen molar-refractivity contribution in [3.63, 3.8) is 0 Å². The molecule has 1 amide bonds. The highest BCUT2D eigenvalue weighted by atomic mass is 16.1. The molecule has 2 unspecified atom stereocenters. The summed E-state index contributed by atoms with van der Waals surface area (Å²) in [6.07, 6.45) is 0. The summed E-state index contributed by atoms with van der Waals surface area (Å²) in [4.78, 5) is 12.6. The van der Waals surface area contributed by atoms with E-state index in [1.54, 1.807) is 0 Å². The van der Waals surface area contributed by atoms with Gasteiger partial charge >= 0.3 is 0 Å². The predicted molar refractivity (Wildman–Crippen MR) is 97.4 cm³/mol. The van der Waals surface area contributed by atoms with Crippen molar-refractivity contribution >= 4 is 5.91 Å². The number of carbonyl (C=O) groups is 1. The lowest BCUT2D eigenvalue weighted by molar-refractivity contribution is 0.0952. The summed E-state index contributed by atoms with van der Waals surface area (Å²) in [5.74, 6) is 1.51. The fourth-order valence-electron chi connectivity index (χ4n) is 3.96. The molecule has 2 aromatic carbocycles. The van der Waals surface area contributed by atoms with E-state index in [-0.39, 0.29) is 5.91 Å². The molecule has 0 saturated carbocycles. The van der Waals surface area contributed by atoms with Crippen LogP contribution in [0, 0.1) is 5.92 Å². The fourth-order valence-corrected chi connectivity index (χ4v) is 3.96. The second-order valence-electron chi connectivity index (χ2n) is 7.32. The second-order valence-corrected chi connectivity index (χ2v) is 7.32. The number of amides is 1. The van der Waals surface area contributed by atoms with Crippen LogP contribution in [0.15, 0.2) is 42.5 Å². The van der Waals surface area contributed by atoms with E-state index in [2.05, 4.69) is 66.9 Å². The summed E-state index contributed by atoms with van der Waals surface area (Å²) < 4.78 is 0. The molecule has 0 bridgehead atoms. The van der Waals surface area contributed by atoms with Crippen molar-refractivity contribution in [3.8, 4) is 11.1 Å². The van der Waals surface area contributed by atoms with Gasteiger partial charge in [-0.3, -0.25) is 4.79 Å². The van der Waals surface area contributed by atoms with Crippen molar-refractivity contribution in [2.75, 3.05) is 19.6 Å². The van der Waals surface area contributed by atoms with Gasteiger partial charge in [0.2, 0.25) is 0 Å². The lowest BCUT2D eigenvalue weighted by Gasteiger charge is -2.17. The summed E-state index contributed by atoms with van der Waals surface area (Å²) in [5.41, 5.74) is 5.67. The van der Waals surface area contributed by atoms with Gasteiger partial charge in [-0.2, -0.15) is 0 Å². The Labute approximate surface area is 143 Å². The zero-order chi connectivity index (χ0) is 16.7. The maximum atomic E-state index is 12.6. The molecule has 2 aliphatic rings. The molecule has 24 heavy (non-hydrogen) atoms. The van der Waals surface area contributed by atoms with Crippen molar-refractivity contribution in [1.29, 1.82) is 0 Å². The zero-order valence-corrected chi connectivity index (χ0v) is 14.3. The van der Waals surface area contributed by atoms with Gasteiger partial charge in [-0.25, -0.2) is 0 Å². The van der Waals surface area contributed by atoms with Gasteiger partial charge in [0.05, 0.1) is 0 Å². The Morgan fingerprint density at radius 3 is 2.67 bits per heavy atom. The van der Waals surface area contributed by atoms with Crippen LogP contribution >= 0.6 is 0 Å². The number of nitrogens with one attached hydrogen (secondary N) is 2. The Hall–Kier alpha value is -2.13. The molecule has 1 fully saturated rings. The Kier molecular flexibility index (Phi) is 3.89. The smallest absolute Gasteiger partial charge is 0.251 e. The fraction of sp³-hybridized carbons (Fsp3) is 0.381. The normalized spacial score (nSPS) is 22.7. The van der Waals surface area contributed by atoms with Crippen LogP contribution in [0.2, 0.25) is 0 Å². The highest BCUT2D eigenvalue weighted by Gasteiger charge is 2.34. The van der Waals surface area contributed by atoms with Crippen LogP contribution in [0.4, 0.5) is 0 Å². The number of rotatable bonds is 2. The van der Waals surface area contributed by atoms with Gasteiger partial charge in [0, 0.05) is 31.1 Å². The molecule has 4 rings (SSSR count). The van der Waals surface area contributed by atoms with E-state index in [4.69, 9.17) is 0 Å². The van der Waals surface area contributed by atoms with Crippen LogP contribution in [0.1, 0.15) is 47.2 Å². The summed E-state index contributed by atoms with van der Waals surface area (Å²) in [5, 5.41) is 6.56. The Bertz CT molecular complexity index is 781. The topological polar surface area (TPSA) is 41.1 Å². The largest absolute Gasteiger partial charge is 0.352 e. The number of hydrogen-bond donors (Lipinski definition) is 2. The molecule has 3 nitrogen and oxygen atoms in total. The third-order valence-electron chi connectivity index (χ3n) is 5.45. The molecule has 2 aliphatic heterocycles. The summed E-state index contributed by atoms with van der Waals surface area (Å²) in [6, 6.07) is 15.1. The zero-order valence-electron chi connectivity index (χ0n) is 14.3. The average Bonchev–Trinajstić information content (AvgIpc) is 3.03. The van der Waals surface area contributed by atoms with Crippen LogP contribution in [0.25, 0.3) is 11.1 Å². The van der Waals surface area contributed by atoms with Gasteiger partial charge in [0.15, 0.2) is 0 Å². The Morgan fingerprint density at radius 2 is 1.83 bits per heavy atom. The van der Waals surface area contributed by atoms with E-state index in [0.29, 0.717) is 17.8 Å². The lowest BCUT2D eigenvalue weighted by atomic mass is 9.86. The van der Waals surface area contributed by atoms with Crippen molar-refractivity contribution in [2.24, 2.45) is 5.92 Å². The first-order valence-electron chi connectivity index (χ1n) is 8.86. The van der Waals surface area contributed by atoms with Gasteiger partial charge in [-0.05, 0) is 40.2 Å². The number of benzene rings is 2. The monoisotopic (exact) mass is 320 g/mol. The van der Waals surface area contributed by atoms with Crippen molar-refractivity contribution < 1.29 is 4.79 Å². The van der Waals surface area contributed by atoms with Crippen molar-refractivity contribution in [2.45, 2.75) is 25.7 Å². The summed E-state index contributed by atoms with van der Waals surface area (Å²) in [7, 11) is 0. The maximum absolute atomic E-state index is 12.6. The van der Waals surface area contributed by atoms with E-state index >= 15 is 0 Å². The number of hydrogen-bond acceptors (Lipinski definition) is 2. The SMILES string of the molecule is CC(C)c1cccc(-c2ccc3c(c2)C(=O)NCC2CNCC32)c1. The van der Waals surface area contributed by atoms with Gasteiger partial charge in [0.25, 0.3) is 5.91 Å². The third kappa shape index (κ3) is 2.63. The van der Waals surface area contributed by atoms with Crippen LogP contribution in [-0.4, -0.2) is 25.5 Å². The van der Waals surface area contributed by atoms with E-state index in [9.17, 15) is 4.79 Å². The summed E-state index contributed by atoms with van der Waals surface area (Å²) >= 11 is 0. The standard InChI is InChI=1S/C21H24N2O/c1-13(2)14-4-3-5-15(8-14)16-6-7-18-19(9-16)21(24)23-11-17-10-22-12-20(17)18/h3-9,13,17,20,22H,10-12H2,1-2H3,(H,23,24). The average molecular weight is 320 g/mol. The molecular formula is C21H24N2O. The van der Waals surface area contributed by atoms with Crippen LogP contribution in [-0.2, 0) is 0 Å². The minimum atomic E-state index is 0.0706. The molecule has 0 spiro atoms. The molecule has 2 N–H and O–H groups in total. The predicted octanol–water partition coefficient (Wildman–Crippen LogP) is 3.52. The van der Waals surface area contributed by atoms with Gasteiger partial charge in [-0.1, -0.05) is 50.2 Å². The molecule has 124 valence electrons. The molecular weight excluding hydrogens is 296 g/mol. The van der Waals surface area contributed by atoms with Gasteiger partial charge in [0.1, 0.15) is 0 Å². The number of fused-ring (bicyclic) bond motifs is 3. The molecule has 0 radical (unpaired) electrons. The quantitative estimate of drug-likeness (QED) is 0.889. The molecule has 0 aliphatic carbocycles. The van der Waals surface area contributed by atoms with Crippen molar-refractivity contribution in [3.05, 3.63) is 59.2 Å². The molecule has 2 aromatic rings. The molecule has 2 atom stereocenters. The third-order valence-corrected chi connectivity index (χ3v) is 5.45. The van der Waals surface area contributed by atoms with E-state index in [1.807, 2.05) is 0 Å². The van der Waals surface area contributed by atoms with Crippen LogP contribution in [0.5, 0.6) is 0 Å².